The number of aliphatic hydroxyl groups excluding tert-OH is 1. The topological polar surface area (TPSA) is 71.5 Å². The summed E-state index contributed by atoms with van der Waals surface area (Å²) in [4.78, 5) is 16.1. The molecule has 0 unspecified atom stereocenters. The fraction of sp³-hybridized carbons (Fsp3) is 0.538. The van der Waals surface area contributed by atoms with Crippen LogP contribution < -0.4 is 10.1 Å². The average molecular weight is 329 g/mol. The van der Waals surface area contributed by atoms with Gasteiger partial charge in [-0.25, -0.2) is 4.98 Å². The van der Waals surface area contributed by atoms with Gasteiger partial charge in [0.25, 0.3) is 5.91 Å². The minimum absolute atomic E-state index is 0.177. The average Bonchev–Trinajstić information content (AvgIpc) is 2.41. The highest BCUT2D eigenvalue weighted by Crippen LogP contribution is 2.24. The molecule has 0 radical (unpaired) electrons. The molecule has 1 aliphatic carbocycles. The summed E-state index contributed by atoms with van der Waals surface area (Å²) in [5.74, 6) is 0.309. The second kappa shape index (κ2) is 6.34. The number of nitrogens with zero attached hydrogens (tertiary/aromatic N) is 1. The zero-order chi connectivity index (χ0) is 13.8. The van der Waals surface area contributed by atoms with Crippen LogP contribution in [-0.4, -0.2) is 35.3 Å². The van der Waals surface area contributed by atoms with E-state index in [-0.39, 0.29) is 11.9 Å². The summed E-state index contributed by atoms with van der Waals surface area (Å²) in [5.41, 5.74) is 0.311. The van der Waals surface area contributed by atoms with E-state index in [1.807, 2.05) is 0 Å². The fourth-order valence-corrected chi connectivity index (χ4v) is 2.70. The molecule has 0 saturated heterocycles. The van der Waals surface area contributed by atoms with Gasteiger partial charge in [-0.05, 0) is 34.8 Å². The minimum Gasteiger partial charge on any atom is -0.494 e. The Kier molecular flexibility index (Phi) is 4.76. The first-order valence-corrected chi connectivity index (χ1v) is 7.09. The molecule has 1 aromatic rings. The van der Waals surface area contributed by atoms with Gasteiger partial charge in [0, 0.05) is 0 Å². The lowest BCUT2D eigenvalue weighted by molar-refractivity contribution is 0.0713. The van der Waals surface area contributed by atoms with Gasteiger partial charge in [0.15, 0.2) is 5.75 Å². The van der Waals surface area contributed by atoms with Gasteiger partial charge in [-0.1, -0.05) is 12.8 Å². The van der Waals surface area contributed by atoms with Crippen LogP contribution in [0.25, 0.3) is 0 Å². The van der Waals surface area contributed by atoms with E-state index in [9.17, 15) is 9.90 Å². The SMILES string of the molecule is COc1cnc(C(=O)N[C@@H]2CCCC[C@H]2O)cc1Br. The molecule has 104 valence electrons. The fourth-order valence-electron chi connectivity index (χ4n) is 2.21. The first-order chi connectivity index (χ1) is 9.11. The van der Waals surface area contributed by atoms with E-state index >= 15 is 0 Å². The number of aromatic nitrogens is 1. The van der Waals surface area contributed by atoms with Crippen LogP contribution in [0.15, 0.2) is 16.7 Å². The van der Waals surface area contributed by atoms with Gasteiger partial charge in [0.05, 0.1) is 29.9 Å². The van der Waals surface area contributed by atoms with Gasteiger partial charge in [0.1, 0.15) is 5.69 Å². The number of aliphatic hydroxyl groups is 1. The molecule has 1 fully saturated rings. The van der Waals surface area contributed by atoms with Crippen molar-refractivity contribution >= 4 is 21.8 Å². The lowest BCUT2D eigenvalue weighted by Crippen LogP contribution is -2.45. The number of hydrogen-bond donors (Lipinski definition) is 2. The molecular weight excluding hydrogens is 312 g/mol. The van der Waals surface area contributed by atoms with Gasteiger partial charge in [-0.15, -0.1) is 0 Å². The van der Waals surface area contributed by atoms with Crippen LogP contribution in [0.5, 0.6) is 5.75 Å². The van der Waals surface area contributed by atoms with E-state index in [1.165, 1.54) is 6.20 Å². The number of amides is 1. The predicted octanol–water partition coefficient (Wildman–Crippen LogP) is 1.89. The smallest absolute Gasteiger partial charge is 0.270 e. The van der Waals surface area contributed by atoms with Crippen molar-refractivity contribution in [2.75, 3.05) is 7.11 Å². The molecule has 2 N–H and O–H groups in total. The van der Waals surface area contributed by atoms with Crippen LogP contribution in [0.2, 0.25) is 0 Å². The summed E-state index contributed by atoms with van der Waals surface area (Å²) in [6.07, 6.45) is 4.63. The maximum absolute atomic E-state index is 12.1. The van der Waals surface area contributed by atoms with E-state index in [2.05, 4.69) is 26.2 Å². The number of carbonyl (C=O) groups excluding carboxylic acids is 1. The van der Waals surface area contributed by atoms with Gasteiger partial charge in [-0.3, -0.25) is 4.79 Å². The Morgan fingerprint density at radius 1 is 1.53 bits per heavy atom. The van der Waals surface area contributed by atoms with Crippen LogP contribution in [0.4, 0.5) is 0 Å². The summed E-state index contributed by atoms with van der Waals surface area (Å²) in [7, 11) is 1.54. The molecule has 0 aromatic carbocycles. The number of pyridine rings is 1. The van der Waals surface area contributed by atoms with Gasteiger partial charge in [0.2, 0.25) is 0 Å². The van der Waals surface area contributed by atoms with Crippen LogP contribution in [0.1, 0.15) is 36.2 Å². The number of hydrogen-bond acceptors (Lipinski definition) is 4. The monoisotopic (exact) mass is 328 g/mol. The Morgan fingerprint density at radius 3 is 2.89 bits per heavy atom. The largest absolute Gasteiger partial charge is 0.494 e. The summed E-state index contributed by atoms with van der Waals surface area (Å²) in [6, 6.07) is 1.44. The third-order valence-corrected chi connectivity index (χ3v) is 3.94. The Morgan fingerprint density at radius 2 is 2.26 bits per heavy atom. The highest BCUT2D eigenvalue weighted by molar-refractivity contribution is 9.10. The van der Waals surface area contributed by atoms with Crippen molar-refractivity contribution in [2.45, 2.75) is 37.8 Å². The third kappa shape index (κ3) is 3.45. The van der Waals surface area contributed by atoms with Gasteiger partial charge in [-0.2, -0.15) is 0 Å². The molecule has 1 aliphatic rings. The summed E-state index contributed by atoms with van der Waals surface area (Å²) >= 11 is 3.32. The highest BCUT2D eigenvalue weighted by Gasteiger charge is 2.25. The zero-order valence-electron chi connectivity index (χ0n) is 10.7. The molecule has 0 aliphatic heterocycles. The summed E-state index contributed by atoms with van der Waals surface area (Å²) in [6.45, 7) is 0. The van der Waals surface area contributed by atoms with Crippen molar-refractivity contribution in [1.82, 2.24) is 10.3 Å². The molecule has 2 atom stereocenters. The van der Waals surface area contributed by atoms with Crippen molar-refractivity contribution in [3.8, 4) is 5.75 Å². The van der Waals surface area contributed by atoms with E-state index in [0.29, 0.717) is 15.9 Å². The molecule has 0 spiro atoms. The van der Waals surface area contributed by atoms with E-state index < -0.39 is 6.10 Å². The molecular formula is C13H17BrN2O3. The Labute approximate surface area is 120 Å². The number of rotatable bonds is 3. The van der Waals surface area contributed by atoms with E-state index in [1.54, 1.807) is 13.2 Å². The van der Waals surface area contributed by atoms with Crippen LogP contribution in [0.3, 0.4) is 0 Å². The van der Waals surface area contributed by atoms with Crippen molar-refractivity contribution in [3.63, 3.8) is 0 Å². The predicted molar refractivity (Wildman–Crippen MR) is 74.2 cm³/mol. The Hall–Kier alpha value is -1.14. The lowest BCUT2D eigenvalue weighted by Gasteiger charge is -2.28. The van der Waals surface area contributed by atoms with Gasteiger partial charge < -0.3 is 15.2 Å². The second-order valence-electron chi connectivity index (χ2n) is 4.64. The van der Waals surface area contributed by atoms with Crippen molar-refractivity contribution < 1.29 is 14.6 Å². The number of methoxy groups -OCH3 is 1. The summed E-state index contributed by atoms with van der Waals surface area (Å²) in [5, 5.41) is 12.7. The van der Waals surface area contributed by atoms with Gasteiger partial charge >= 0.3 is 0 Å². The minimum atomic E-state index is -0.459. The molecule has 1 amide bonds. The standard InChI is InChI=1S/C13H17BrN2O3/c1-19-12-7-15-10(6-8(12)14)13(18)16-9-4-2-3-5-11(9)17/h6-7,9,11,17H,2-5H2,1H3,(H,16,18)/t9-,11-/m1/s1. The first kappa shape index (κ1) is 14.3. The zero-order valence-corrected chi connectivity index (χ0v) is 12.3. The molecule has 6 heteroatoms. The molecule has 1 aromatic heterocycles. The molecule has 0 bridgehead atoms. The second-order valence-corrected chi connectivity index (χ2v) is 5.49. The van der Waals surface area contributed by atoms with Crippen LogP contribution >= 0.6 is 15.9 Å². The van der Waals surface area contributed by atoms with Crippen LogP contribution in [-0.2, 0) is 0 Å². The molecule has 5 nitrogen and oxygen atoms in total. The Balaban J connectivity index is 2.05. The highest BCUT2D eigenvalue weighted by atomic mass is 79.9. The molecule has 1 saturated carbocycles. The maximum Gasteiger partial charge on any atom is 0.270 e. The maximum atomic E-state index is 12.1. The normalized spacial score (nSPS) is 22.9. The number of carbonyl (C=O) groups is 1. The Bertz CT molecular complexity index is 467. The number of nitrogens with one attached hydrogen (secondary N) is 1. The van der Waals surface area contributed by atoms with Crippen molar-refractivity contribution in [1.29, 1.82) is 0 Å². The lowest BCUT2D eigenvalue weighted by atomic mass is 9.92. The number of halogens is 1. The third-order valence-electron chi connectivity index (χ3n) is 3.32. The molecule has 2 rings (SSSR count). The van der Waals surface area contributed by atoms with E-state index in [0.717, 1.165) is 25.7 Å². The van der Waals surface area contributed by atoms with Crippen molar-refractivity contribution in [2.24, 2.45) is 0 Å². The van der Waals surface area contributed by atoms with Crippen LogP contribution in [0, 0.1) is 0 Å². The van der Waals surface area contributed by atoms with Crippen molar-refractivity contribution in [3.05, 3.63) is 22.4 Å². The summed E-state index contributed by atoms with van der Waals surface area (Å²) < 4.78 is 5.75. The molecule has 19 heavy (non-hydrogen) atoms. The quantitative estimate of drug-likeness (QED) is 0.888. The van der Waals surface area contributed by atoms with E-state index in [4.69, 9.17) is 4.74 Å². The first-order valence-electron chi connectivity index (χ1n) is 6.30. The number of ether oxygens (including phenoxy) is 1. The molecule has 1 heterocycles.